The van der Waals surface area contributed by atoms with Gasteiger partial charge in [-0.15, -0.1) is 11.3 Å². The highest BCUT2D eigenvalue weighted by atomic mass is 32.1. The third kappa shape index (κ3) is 6.05. The minimum atomic E-state index is -4.44. The molecule has 1 saturated carbocycles. The van der Waals surface area contributed by atoms with Crippen LogP contribution >= 0.6 is 11.3 Å². The Balaban J connectivity index is 1.85. The van der Waals surface area contributed by atoms with Gasteiger partial charge < -0.3 is 16.0 Å². The Bertz CT molecular complexity index is 568. The average molecular weight is 349 g/mol. The zero-order valence-corrected chi connectivity index (χ0v) is 13.4. The highest BCUT2D eigenvalue weighted by molar-refractivity contribution is 7.09. The number of hydrogen-bond acceptors (Lipinski definition) is 4. The van der Waals surface area contributed by atoms with Gasteiger partial charge in [-0.1, -0.05) is 0 Å². The van der Waals surface area contributed by atoms with Gasteiger partial charge in [-0.2, -0.15) is 13.2 Å². The van der Waals surface area contributed by atoms with E-state index in [1.54, 1.807) is 0 Å². The molecule has 1 aromatic rings. The largest absolute Gasteiger partial charge is 0.434 e. The number of carbonyl (C=O) groups is 1. The molecule has 0 aromatic carbocycles. The molecule has 0 atom stereocenters. The number of alkyl halides is 3. The van der Waals surface area contributed by atoms with E-state index in [9.17, 15) is 18.0 Å². The van der Waals surface area contributed by atoms with Crippen LogP contribution in [0, 0.1) is 0 Å². The average Bonchev–Trinajstić information content (AvgIpc) is 3.14. The number of hydrogen-bond donors (Lipinski definition) is 3. The number of halogens is 3. The fourth-order valence-electron chi connectivity index (χ4n) is 1.68. The molecule has 6 nitrogen and oxygen atoms in total. The maximum Gasteiger partial charge on any atom is 0.434 e. The van der Waals surface area contributed by atoms with E-state index in [1.807, 2.05) is 6.92 Å². The summed E-state index contributed by atoms with van der Waals surface area (Å²) in [5.41, 5.74) is -0.898. The summed E-state index contributed by atoms with van der Waals surface area (Å²) in [6.45, 7) is 2.50. The second kappa shape index (κ2) is 7.62. The summed E-state index contributed by atoms with van der Waals surface area (Å²) in [5, 5.41) is 9.87. The fraction of sp³-hybridized carbons (Fsp3) is 0.615. The van der Waals surface area contributed by atoms with E-state index in [0.717, 1.165) is 29.6 Å². The molecular weight excluding hydrogens is 331 g/mol. The smallest absolute Gasteiger partial charge is 0.357 e. The van der Waals surface area contributed by atoms with Crippen molar-refractivity contribution in [3.63, 3.8) is 0 Å². The van der Waals surface area contributed by atoms with Crippen molar-refractivity contribution in [3.05, 3.63) is 16.1 Å². The highest BCUT2D eigenvalue weighted by Gasteiger charge is 2.33. The third-order valence-corrected chi connectivity index (χ3v) is 3.77. The van der Waals surface area contributed by atoms with Crippen LogP contribution in [0.25, 0.3) is 0 Å². The van der Waals surface area contributed by atoms with Gasteiger partial charge in [0.05, 0.1) is 6.54 Å². The molecule has 1 aliphatic carbocycles. The Kier molecular flexibility index (Phi) is 5.80. The third-order valence-electron chi connectivity index (χ3n) is 2.92. The van der Waals surface area contributed by atoms with Gasteiger partial charge in [-0.3, -0.25) is 4.79 Å². The molecule has 10 heteroatoms. The van der Waals surface area contributed by atoms with E-state index in [1.165, 1.54) is 0 Å². The van der Waals surface area contributed by atoms with Gasteiger partial charge in [-0.05, 0) is 19.8 Å². The Labute approximate surface area is 135 Å². The molecule has 0 unspecified atom stereocenters. The summed E-state index contributed by atoms with van der Waals surface area (Å²) >= 11 is 0.922. The summed E-state index contributed by atoms with van der Waals surface area (Å²) in [6, 6.07) is 0.268. The Hall–Kier alpha value is -1.84. The van der Waals surface area contributed by atoms with Gasteiger partial charge >= 0.3 is 6.18 Å². The van der Waals surface area contributed by atoms with Crippen molar-refractivity contribution >= 4 is 23.2 Å². The van der Waals surface area contributed by atoms with Crippen LogP contribution in [0.4, 0.5) is 13.2 Å². The molecule has 23 heavy (non-hydrogen) atoms. The van der Waals surface area contributed by atoms with Crippen molar-refractivity contribution in [1.82, 2.24) is 20.9 Å². The summed E-state index contributed by atoms with van der Waals surface area (Å²) in [6.07, 6.45) is -2.44. The molecule has 128 valence electrons. The first-order valence-electron chi connectivity index (χ1n) is 7.21. The molecule has 1 fully saturated rings. The van der Waals surface area contributed by atoms with Crippen molar-refractivity contribution in [1.29, 1.82) is 0 Å². The van der Waals surface area contributed by atoms with Gasteiger partial charge in [0.1, 0.15) is 11.6 Å². The first kappa shape index (κ1) is 17.5. The zero-order chi connectivity index (χ0) is 16.9. The Morgan fingerprint density at radius 3 is 2.74 bits per heavy atom. The van der Waals surface area contributed by atoms with Crippen LogP contribution in [0.3, 0.4) is 0 Å². The van der Waals surface area contributed by atoms with Crippen LogP contribution in [0.5, 0.6) is 0 Å². The van der Waals surface area contributed by atoms with E-state index >= 15 is 0 Å². The summed E-state index contributed by atoms with van der Waals surface area (Å²) < 4.78 is 37.4. The molecule has 0 bridgehead atoms. The molecule has 0 radical (unpaired) electrons. The number of nitrogens with one attached hydrogen (secondary N) is 3. The van der Waals surface area contributed by atoms with Crippen LogP contribution in [-0.2, 0) is 17.5 Å². The predicted octanol–water partition coefficient (Wildman–Crippen LogP) is 1.50. The Morgan fingerprint density at radius 2 is 2.17 bits per heavy atom. The van der Waals surface area contributed by atoms with Gasteiger partial charge in [0.25, 0.3) is 0 Å². The molecule has 2 rings (SSSR count). The number of aliphatic imine (C=N–C) groups is 1. The summed E-state index contributed by atoms with van der Waals surface area (Å²) in [7, 11) is 0. The van der Waals surface area contributed by atoms with Gasteiger partial charge in [0, 0.05) is 18.0 Å². The standard InChI is InChI=1S/C13H18F3N5OS/c1-2-17-12(18-5-10(22)20-8-3-4-8)19-6-11-21-9(7-23-11)13(14,15)16/h7-8H,2-6H2,1H3,(H,20,22)(H2,17,18,19). The van der Waals surface area contributed by atoms with E-state index in [-0.39, 0.29) is 25.0 Å². The second-order valence-electron chi connectivity index (χ2n) is 5.01. The minimum absolute atomic E-state index is 0.0303. The van der Waals surface area contributed by atoms with Gasteiger partial charge in [0.15, 0.2) is 11.7 Å². The first-order chi connectivity index (χ1) is 10.9. The zero-order valence-electron chi connectivity index (χ0n) is 12.5. The Morgan fingerprint density at radius 1 is 1.43 bits per heavy atom. The number of thiazole rings is 1. The lowest BCUT2D eigenvalue weighted by Crippen LogP contribution is -2.38. The number of amides is 1. The fourth-order valence-corrected chi connectivity index (χ4v) is 2.42. The highest BCUT2D eigenvalue weighted by Crippen LogP contribution is 2.29. The molecule has 0 saturated heterocycles. The molecule has 0 spiro atoms. The topological polar surface area (TPSA) is 78.4 Å². The minimum Gasteiger partial charge on any atom is -0.357 e. The lowest BCUT2D eigenvalue weighted by Gasteiger charge is -2.10. The first-order valence-corrected chi connectivity index (χ1v) is 8.09. The monoisotopic (exact) mass is 349 g/mol. The quantitative estimate of drug-likeness (QED) is 0.537. The maximum absolute atomic E-state index is 12.5. The van der Waals surface area contributed by atoms with Crippen LogP contribution in [0.15, 0.2) is 10.4 Å². The molecule has 3 N–H and O–H groups in total. The molecule has 1 heterocycles. The predicted molar refractivity (Wildman–Crippen MR) is 81.1 cm³/mol. The van der Waals surface area contributed by atoms with E-state index < -0.39 is 11.9 Å². The second-order valence-corrected chi connectivity index (χ2v) is 5.96. The van der Waals surface area contributed by atoms with Crippen molar-refractivity contribution in [2.75, 3.05) is 13.1 Å². The van der Waals surface area contributed by atoms with Crippen LogP contribution in [-0.4, -0.2) is 36.0 Å². The number of nitrogens with zero attached hydrogens (tertiary/aromatic N) is 2. The van der Waals surface area contributed by atoms with Crippen molar-refractivity contribution in [2.24, 2.45) is 4.99 Å². The molecule has 1 amide bonds. The van der Waals surface area contributed by atoms with E-state index in [2.05, 4.69) is 25.9 Å². The summed E-state index contributed by atoms with van der Waals surface area (Å²) in [4.78, 5) is 19.2. The van der Waals surface area contributed by atoms with Crippen molar-refractivity contribution in [3.8, 4) is 0 Å². The maximum atomic E-state index is 12.5. The van der Waals surface area contributed by atoms with E-state index in [4.69, 9.17) is 0 Å². The number of rotatable bonds is 6. The SMILES string of the molecule is CCNC(=NCC(=O)NC1CC1)NCc1nc(C(F)(F)F)cs1. The van der Waals surface area contributed by atoms with Crippen LogP contribution in [0.2, 0.25) is 0 Å². The van der Waals surface area contributed by atoms with Crippen molar-refractivity contribution in [2.45, 2.75) is 38.5 Å². The molecule has 1 aromatic heterocycles. The lowest BCUT2D eigenvalue weighted by atomic mass is 10.5. The van der Waals surface area contributed by atoms with Crippen molar-refractivity contribution < 1.29 is 18.0 Å². The van der Waals surface area contributed by atoms with Crippen LogP contribution in [0.1, 0.15) is 30.5 Å². The number of carbonyl (C=O) groups excluding carboxylic acids is 1. The normalized spacial score (nSPS) is 15.4. The van der Waals surface area contributed by atoms with Crippen LogP contribution < -0.4 is 16.0 Å². The van der Waals surface area contributed by atoms with Gasteiger partial charge in [-0.25, -0.2) is 9.98 Å². The molecule has 0 aliphatic heterocycles. The van der Waals surface area contributed by atoms with Gasteiger partial charge in [0.2, 0.25) is 5.91 Å². The molecular formula is C13H18F3N5OS. The number of guanidine groups is 1. The number of aromatic nitrogens is 1. The summed E-state index contributed by atoms with van der Waals surface area (Å²) in [5.74, 6) is 0.195. The lowest BCUT2D eigenvalue weighted by molar-refractivity contribution is -0.140. The molecule has 1 aliphatic rings. The van der Waals surface area contributed by atoms with E-state index in [0.29, 0.717) is 17.5 Å².